The zero-order valence-electron chi connectivity index (χ0n) is 13.6. The number of aryl methyl sites for hydroxylation is 1. The number of rotatable bonds is 5. The van der Waals surface area contributed by atoms with Crippen molar-refractivity contribution in [1.29, 1.82) is 0 Å². The van der Waals surface area contributed by atoms with Crippen LogP contribution in [0.5, 0.6) is 5.88 Å². The van der Waals surface area contributed by atoms with Gasteiger partial charge in [0, 0.05) is 32.4 Å². The van der Waals surface area contributed by atoms with Gasteiger partial charge in [-0.15, -0.1) is 0 Å². The molecule has 2 aromatic heterocycles. The van der Waals surface area contributed by atoms with Crippen molar-refractivity contribution in [2.45, 2.75) is 25.4 Å². The van der Waals surface area contributed by atoms with Crippen LogP contribution in [0.3, 0.4) is 0 Å². The van der Waals surface area contributed by atoms with Crippen molar-refractivity contribution in [3.63, 3.8) is 0 Å². The van der Waals surface area contributed by atoms with Gasteiger partial charge >= 0.3 is 6.61 Å². The number of hydrogen-bond donors (Lipinski definition) is 1. The largest absolute Gasteiger partial charge is 0.415 e. The van der Waals surface area contributed by atoms with Gasteiger partial charge in [0.2, 0.25) is 5.88 Å². The average Bonchev–Trinajstić information content (AvgIpc) is 2.99. The first-order valence-corrected chi connectivity index (χ1v) is 7.87. The Morgan fingerprint density at radius 2 is 2.20 bits per heavy atom. The number of nitrogens with one attached hydrogen (secondary N) is 1. The second-order valence-corrected chi connectivity index (χ2v) is 5.65. The minimum atomic E-state index is -3.03. The minimum Gasteiger partial charge on any atom is -0.415 e. The highest BCUT2D eigenvalue weighted by molar-refractivity contribution is 6.03. The van der Waals surface area contributed by atoms with E-state index in [0.717, 1.165) is 18.5 Å². The summed E-state index contributed by atoms with van der Waals surface area (Å²) < 4.78 is 36.0. The molecule has 0 atom stereocenters. The van der Waals surface area contributed by atoms with Crippen LogP contribution < -0.4 is 10.1 Å². The Hall–Kier alpha value is -2.55. The summed E-state index contributed by atoms with van der Waals surface area (Å²) >= 11 is 0. The number of halogens is 2. The molecular weight excluding hydrogens is 334 g/mol. The molecule has 0 bridgehead atoms. The highest BCUT2D eigenvalue weighted by atomic mass is 19.3. The van der Waals surface area contributed by atoms with E-state index in [1.807, 2.05) is 0 Å². The third-order valence-electron chi connectivity index (χ3n) is 3.99. The smallest absolute Gasteiger partial charge is 0.388 e. The molecule has 1 saturated heterocycles. The van der Waals surface area contributed by atoms with E-state index in [1.165, 1.54) is 23.0 Å². The van der Waals surface area contributed by atoms with Crippen LogP contribution >= 0.6 is 0 Å². The molecule has 1 fully saturated rings. The normalized spacial score (nSPS) is 15.4. The first kappa shape index (κ1) is 17.3. The summed E-state index contributed by atoms with van der Waals surface area (Å²) in [7, 11) is 1.66. The van der Waals surface area contributed by atoms with Crippen molar-refractivity contribution in [3.8, 4) is 5.88 Å². The molecular formula is C16H18F2N4O3. The van der Waals surface area contributed by atoms with Crippen LogP contribution in [-0.4, -0.2) is 40.5 Å². The Bertz CT molecular complexity index is 745. The van der Waals surface area contributed by atoms with Crippen molar-refractivity contribution >= 4 is 11.6 Å². The van der Waals surface area contributed by atoms with Crippen LogP contribution in [0.4, 0.5) is 14.5 Å². The first-order chi connectivity index (χ1) is 12.0. The molecule has 9 heteroatoms. The van der Waals surface area contributed by atoms with E-state index in [0.29, 0.717) is 18.9 Å². The lowest BCUT2D eigenvalue weighted by Crippen LogP contribution is -2.17. The fourth-order valence-electron chi connectivity index (χ4n) is 2.75. The number of nitrogens with zero attached hydrogens (tertiary/aromatic N) is 3. The van der Waals surface area contributed by atoms with Crippen molar-refractivity contribution < 1.29 is 23.0 Å². The maximum atomic E-state index is 12.5. The third-order valence-corrected chi connectivity index (χ3v) is 3.99. The molecule has 2 aromatic rings. The third kappa shape index (κ3) is 4.11. The second kappa shape index (κ2) is 7.56. The van der Waals surface area contributed by atoms with Crippen molar-refractivity contribution in [1.82, 2.24) is 14.8 Å². The molecule has 1 N–H and O–H groups in total. The fourth-order valence-corrected chi connectivity index (χ4v) is 2.75. The summed E-state index contributed by atoms with van der Waals surface area (Å²) in [6.45, 7) is -1.68. The van der Waals surface area contributed by atoms with Crippen LogP contribution in [0.1, 0.15) is 34.9 Å². The lowest BCUT2D eigenvalue weighted by atomic mass is 9.96. The van der Waals surface area contributed by atoms with Gasteiger partial charge in [0.05, 0.1) is 5.69 Å². The number of amides is 1. The quantitative estimate of drug-likeness (QED) is 0.895. The lowest BCUT2D eigenvalue weighted by molar-refractivity contribution is -0.0523. The molecule has 1 aliphatic rings. The molecule has 1 amide bonds. The standard InChI is InChI=1S/C16H18F2N4O3/c1-22-13(9-12(21-22)10-4-7-24-8-5-10)14(23)20-11-3-2-6-19-15(11)25-16(17)18/h2-3,6,9-10,16H,4-5,7-8H2,1H3,(H,20,23). The van der Waals surface area contributed by atoms with Crippen molar-refractivity contribution in [2.75, 3.05) is 18.5 Å². The average molecular weight is 352 g/mol. The minimum absolute atomic E-state index is 0.0709. The molecule has 0 aliphatic carbocycles. The molecule has 25 heavy (non-hydrogen) atoms. The topological polar surface area (TPSA) is 78.3 Å². The molecule has 3 heterocycles. The Morgan fingerprint density at radius 3 is 2.92 bits per heavy atom. The van der Waals surface area contributed by atoms with Gasteiger partial charge < -0.3 is 14.8 Å². The predicted octanol–water partition coefficient (Wildman–Crippen LogP) is 2.56. The lowest BCUT2D eigenvalue weighted by Gasteiger charge is -2.19. The van der Waals surface area contributed by atoms with Gasteiger partial charge in [-0.1, -0.05) is 0 Å². The molecule has 3 rings (SSSR count). The van der Waals surface area contributed by atoms with E-state index >= 15 is 0 Å². The summed E-state index contributed by atoms with van der Waals surface area (Å²) in [6.07, 6.45) is 3.01. The second-order valence-electron chi connectivity index (χ2n) is 5.65. The SMILES string of the molecule is Cn1nc(C2CCOCC2)cc1C(=O)Nc1cccnc1OC(F)F. The summed E-state index contributed by atoms with van der Waals surface area (Å²) in [5.41, 5.74) is 1.22. The number of anilines is 1. The monoisotopic (exact) mass is 352 g/mol. The highest BCUT2D eigenvalue weighted by Gasteiger charge is 2.22. The summed E-state index contributed by atoms with van der Waals surface area (Å²) in [6, 6.07) is 4.68. The maximum Gasteiger partial charge on any atom is 0.388 e. The van der Waals surface area contributed by atoms with Crippen molar-refractivity contribution in [2.24, 2.45) is 7.05 Å². The van der Waals surface area contributed by atoms with E-state index in [1.54, 1.807) is 13.1 Å². The molecule has 134 valence electrons. The highest BCUT2D eigenvalue weighted by Crippen LogP contribution is 2.27. The first-order valence-electron chi connectivity index (χ1n) is 7.87. The number of aromatic nitrogens is 3. The van der Waals surface area contributed by atoms with E-state index in [2.05, 4.69) is 20.1 Å². The van der Waals surface area contributed by atoms with Gasteiger partial charge in [-0.25, -0.2) is 4.98 Å². The Labute approximate surface area is 142 Å². The zero-order valence-corrected chi connectivity index (χ0v) is 13.6. The van der Waals surface area contributed by atoms with E-state index in [9.17, 15) is 13.6 Å². The summed E-state index contributed by atoms with van der Waals surface area (Å²) in [5, 5.41) is 6.95. The van der Waals surface area contributed by atoms with Crippen LogP contribution in [0.2, 0.25) is 0 Å². The molecule has 0 saturated carbocycles. The molecule has 7 nitrogen and oxygen atoms in total. The number of ether oxygens (including phenoxy) is 2. The maximum absolute atomic E-state index is 12.5. The molecule has 0 unspecified atom stereocenters. The predicted molar refractivity (Wildman–Crippen MR) is 84.8 cm³/mol. The molecule has 0 spiro atoms. The number of carbonyl (C=O) groups excluding carboxylic acids is 1. The summed E-state index contributed by atoms with van der Waals surface area (Å²) in [4.78, 5) is 16.2. The van der Waals surface area contributed by atoms with Gasteiger partial charge in [0.25, 0.3) is 5.91 Å². The fraction of sp³-hybridized carbons (Fsp3) is 0.438. The zero-order chi connectivity index (χ0) is 17.8. The van der Waals surface area contributed by atoms with E-state index < -0.39 is 12.5 Å². The van der Waals surface area contributed by atoms with Gasteiger partial charge in [-0.3, -0.25) is 9.48 Å². The Kier molecular flexibility index (Phi) is 5.22. The molecule has 1 aliphatic heterocycles. The van der Waals surface area contributed by atoms with Gasteiger partial charge in [0.15, 0.2) is 0 Å². The number of carbonyl (C=O) groups is 1. The van der Waals surface area contributed by atoms with Gasteiger partial charge in [0.1, 0.15) is 11.4 Å². The van der Waals surface area contributed by atoms with Gasteiger partial charge in [-0.2, -0.15) is 13.9 Å². The Balaban J connectivity index is 1.77. The molecule has 0 aromatic carbocycles. The Morgan fingerprint density at radius 1 is 1.44 bits per heavy atom. The number of pyridine rings is 1. The van der Waals surface area contributed by atoms with Gasteiger partial charge in [-0.05, 0) is 31.0 Å². The number of hydrogen-bond acceptors (Lipinski definition) is 5. The molecule has 0 radical (unpaired) electrons. The van der Waals surface area contributed by atoms with Crippen LogP contribution in [0, 0.1) is 0 Å². The van der Waals surface area contributed by atoms with Crippen molar-refractivity contribution in [3.05, 3.63) is 35.8 Å². The van der Waals surface area contributed by atoms with Crippen LogP contribution in [-0.2, 0) is 11.8 Å². The summed E-state index contributed by atoms with van der Waals surface area (Å²) in [5.74, 6) is -0.560. The van der Waals surface area contributed by atoms with Crippen LogP contribution in [0.15, 0.2) is 24.4 Å². The van der Waals surface area contributed by atoms with Crippen LogP contribution in [0.25, 0.3) is 0 Å². The van der Waals surface area contributed by atoms with E-state index in [4.69, 9.17) is 4.74 Å². The van der Waals surface area contributed by atoms with E-state index in [-0.39, 0.29) is 17.5 Å². The number of alkyl halides is 2.